The molecular weight excluding hydrogens is 348 g/mol. The van der Waals surface area contributed by atoms with Crippen LogP contribution in [0.5, 0.6) is 0 Å². The maximum atomic E-state index is 12.9. The number of para-hydroxylation sites is 2. The van der Waals surface area contributed by atoms with Gasteiger partial charge < -0.3 is 0 Å². The normalized spacial score (nSPS) is 11.2. The van der Waals surface area contributed by atoms with E-state index in [1.54, 1.807) is 22.3 Å². The Labute approximate surface area is 153 Å². The van der Waals surface area contributed by atoms with E-state index in [0.29, 0.717) is 5.13 Å². The minimum atomic E-state index is -0.112. The van der Waals surface area contributed by atoms with Crippen LogP contribution in [0.2, 0.25) is 0 Å². The minimum absolute atomic E-state index is 0.112. The third kappa shape index (κ3) is 3.38. The molecule has 0 aliphatic rings. The Kier molecular flexibility index (Phi) is 4.41. The van der Waals surface area contributed by atoms with Gasteiger partial charge in [-0.3, -0.25) is 9.69 Å². The third-order valence-corrected chi connectivity index (χ3v) is 5.50. The van der Waals surface area contributed by atoms with Crippen molar-refractivity contribution in [2.45, 2.75) is 0 Å². The zero-order chi connectivity index (χ0) is 17.1. The van der Waals surface area contributed by atoms with Gasteiger partial charge in [0.25, 0.3) is 5.91 Å². The first-order valence-corrected chi connectivity index (χ1v) is 9.47. The topological polar surface area (TPSA) is 33.2 Å². The van der Waals surface area contributed by atoms with Crippen LogP contribution < -0.4 is 4.90 Å². The van der Waals surface area contributed by atoms with Gasteiger partial charge in [-0.1, -0.05) is 47.7 Å². The largest absolute Gasteiger partial charge is 0.269 e. The third-order valence-electron chi connectivity index (χ3n) is 3.64. The Morgan fingerprint density at radius 2 is 1.76 bits per heavy atom. The number of thiophene rings is 1. The second-order valence-electron chi connectivity index (χ2n) is 5.32. The molecule has 0 aliphatic heterocycles. The molecule has 4 aromatic rings. The van der Waals surface area contributed by atoms with Gasteiger partial charge in [0.1, 0.15) is 0 Å². The second kappa shape index (κ2) is 7.01. The van der Waals surface area contributed by atoms with Gasteiger partial charge in [-0.05, 0) is 41.8 Å². The van der Waals surface area contributed by atoms with Gasteiger partial charge in [0, 0.05) is 11.0 Å². The second-order valence-corrected chi connectivity index (χ2v) is 7.31. The van der Waals surface area contributed by atoms with Crippen molar-refractivity contribution in [3.63, 3.8) is 0 Å². The molecule has 0 atom stereocenters. The van der Waals surface area contributed by atoms with Crippen LogP contribution >= 0.6 is 22.7 Å². The summed E-state index contributed by atoms with van der Waals surface area (Å²) < 4.78 is 1.06. The lowest BCUT2D eigenvalue weighted by molar-refractivity contribution is -0.113. The molecule has 0 aliphatic carbocycles. The average molecular weight is 362 g/mol. The number of carbonyl (C=O) groups is 1. The van der Waals surface area contributed by atoms with Crippen LogP contribution in [0.4, 0.5) is 10.8 Å². The van der Waals surface area contributed by atoms with Crippen molar-refractivity contribution in [2.75, 3.05) is 4.90 Å². The summed E-state index contributed by atoms with van der Waals surface area (Å²) in [5.41, 5.74) is 1.71. The summed E-state index contributed by atoms with van der Waals surface area (Å²) in [5, 5.41) is 2.67. The van der Waals surface area contributed by atoms with E-state index >= 15 is 0 Å². The van der Waals surface area contributed by atoms with E-state index in [9.17, 15) is 4.79 Å². The Hall–Kier alpha value is -2.76. The van der Waals surface area contributed by atoms with E-state index in [1.807, 2.05) is 78.2 Å². The Morgan fingerprint density at radius 3 is 2.52 bits per heavy atom. The molecule has 2 aromatic heterocycles. The van der Waals surface area contributed by atoms with Crippen LogP contribution in [0, 0.1) is 0 Å². The first kappa shape index (κ1) is 15.7. The quantitative estimate of drug-likeness (QED) is 0.434. The molecule has 0 bridgehead atoms. The summed E-state index contributed by atoms with van der Waals surface area (Å²) >= 11 is 3.12. The number of amides is 1. The monoisotopic (exact) mass is 362 g/mol. The lowest BCUT2D eigenvalue weighted by atomic mass is 10.3. The molecule has 2 heterocycles. The number of thiazole rings is 1. The zero-order valence-electron chi connectivity index (χ0n) is 13.2. The van der Waals surface area contributed by atoms with Crippen LogP contribution in [0.3, 0.4) is 0 Å². The van der Waals surface area contributed by atoms with Crippen LogP contribution in [0.25, 0.3) is 16.3 Å². The molecular formula is C20H14N2OS2. The van der Waals surface area contributed by atoms with Crippen LogP contribution in [0.1, 0.15) is 4.88 Å². The molecule has 0 fully saturated rings. The Balaban J connectivity index is 1.75. The first-order valence-electron chi connectivity index (χ1n) is 7.77. The highest BCUT2D eigenvalue weighted by atomic mass is 32.1. The smallest absolute Gasteiger partial charge is 0.257 e. The number of benzene rings is 2. The van der Waals surface area contributed by atoms with Crippen molar-refractivity contribution >= 4 is 55.7 Å². The highest BCUT2D eigenvalue weighted by Crippen LogP contribution is 2.33. The number of carbonyl (C=O) groups excluding carboxylic acids is 1. The van der Waals surface area contributed by atoms with Gasteiger partial charge in [-0.25, -0.2) is 4.98 Å². The van der Waals surface area contributed by atoms with E-state index < -0.39 is 0 Å². The molecule has 122 valence electrons. The summed E-state index contributed by atoms with van der Waals surface area (Å²) in [6, 6.07) is 21.5. The van der Waals surface area contributed by atoms with Crippen molar-refractivity contribution < 1.29 is 4.79 Å². The van der Waals surface area contributed by atoms with Crippen molar-refractivity contribution in [2.24, 2.45) is 0 Å². The molecule has 0 saturated carbocycles. The van der Waals surface area contributed by atoms with Gasteiger partial charge in [0.2, 0.25) is 0 Å². The van der Waals surface area contributed by atoms with Crippen molar-refractivity contribution in [3.8, 4) is 0 Å². The van der Waals surface area contributed by atoms with E-state index in [2.05, 4.69) is 4.98 Å². The van der Waals surface area contributed by atoms with E-state index in [0.717, 1.165) is 20.8 Å². The first-order chi connectivity index (χ1) is 12.3. The van der Waals surface area contributed by atoms with Crippen LogP contribution in [-0.4, -0.2) is 10.9 Å². The molecule has 0 unspecified atom stereocenters. The number of hydrogen-bond donors (Lipinski definition) is 0. The number of hydrogen-bond acceptors (Lipinski definition) is 4. The average Bonchev–Trinajstić information content (AvgIpc) is 3.30. The molecule has 0 saturated heterocycles. The SMILES string of the molecule is O=C(C=Cc1cccs1)N(c1ccccc1)c1nc2ccccc2s1. The van der Waals surface area contributed by atoms with E-state index in [4.69, 9.17) is 0 Å². The lowest BCUT2D eigenvalue weighted by Gasteiger charge is -2.18. The van der Waals surface area contributed by atoms with Gasteiger partial charge >= 0.3 is 0 Å². The van der Waals surface area contributed by atoms with E-state index in [-0.39, 0.29) is 5.91 Å². The van der Waals surface area contributed by atoms with Crippen LogP contribution in [0.15, 0.2) is 78.2 Å². The molecule has 0 N–H and O–H groups in total. The fourth-order valence-electron chi connectivity index (χ4n) is 2.48. The van der Waals surface area contributed by atoms with Gasteiger partial charge in [-0.2, -0.15) is 0 Å². The molecule has 2 aromatic carbocycles. The van der Waals surface area contributed by atoms with Gasteiger partial charge in [0.05, 0.1) is 15.9 Å². The summed E-state index contributed by atoms with van der Waals surface area (Å²) in [6.07, 6.45) is 3.45. The van der Waals surface area contributed by atoms with Gasteiger partial charge in [0.15, 0.2) is 5.13 Å². The predicted octanol–water partition coefficient (Wildman–Crippen LogP) is 5.74. The number of fused-ring (bicyclic) bond motifs is 1. The maximum absolute atomic E-state index is 12.9. The molecule has 3 nitrogen and oxygen atoms in total. The summed E-state index contributed by atoms with van der Waals surface area (Å²) in [4.78, 5) is 20.3. The number of rotatable bonds is 4. The molecule has 5 heteroatoms. The van der Waals surface area contributed by atoms with Crippen molar-refractivity contribution in [1.82, 2.24) is 4.98 Å². The number of nitrogens with zero attached hydrogens (tertiary/aromatic N) is 2. The summed E-state index contributed by atoms with van der Waals surface area (Å²) in [7, 11) is 0. The lowest BCUT2D eigenvalue weighted by Crippen LogP contribution is -2.23. The number of aromatic nitrogens is 1. The molecule has 0 radical (unpaired) electrons. The highest BCUT2D eigenvalue weighted by Gasteiger charge is 2.19. The van der Waals surface area contributed by atoms with Gasteiger partial charge in [-0.15, -0.1) is 11.3 Å². The molecule has 4 rings (SSSR count). The Bertz CT molecular complexity index is 987. The highest BCUT2D eigenvalue weighted by molar-refractivity contribution is 7.22. The fraction of sp³-hybridized carbons (Fsp3) is 0. The summed E-state index contributed by atoms with van der Waals surface area (Å²) in [6.45, 7) is 0. The summed E-state index contributed by atoms with van der Waals surface area (Å²) in [5.74, 6) is -0.112. The molecule has 1 amide bonds. The van der Waals surface area contributed by atoms with Crippen molar-refractivity contribution in [1.29, 1.82) is 0 Å². The fourth-order valence-corrected chi connectivity index (χ4v) is 4.09. The Morgan fingerprint density at radius 1 is 0.960 bits per heavy atom. The molecule has 25 heavy (non-hydrogen) atoms. The minimum Gasteiger partial charge on any atom is -0.269 e. The van der Waals surface area contributed by atoms with E-state index in [1.165, 1.54) is 11.3 Å². The predicted molar refractivity (Wildman–Crippen MR) is 107 cm³/mol. The molecule has 0 spiro atoms. The van der Waals surface area contributed by atoms with Crippen molar-refractivity contribution in [3.05, 3.63) is 83.1 Å². The zero-order valence-corrected chi connectivity index (χ0v) is 14.8. The van der Waals surface area contributed by atoms with Crippen LogP contribution in [-0.2, 0) is 4.79 Å². The maximum Gasteiger partial charge on any atom is 0.257 e. The standard InChI is InChI=1S/C20H14N2OS2/c23-19(13-12-16-9-6-14-24-16)22(15-7-2-1-3-8-15)20-21-17-10-4-5-11-18(17)25-20/h1-14H. The number of anilines is 2.